The fourth-order valence-electron chi connectivity index (χ4n) is 2.35. The molecule has 1 heterocycles. The van der Waals surface area contributed by atoms with Crippen LogP contribution in [0.25, 0.3) is 10.4 Å². The number of ether oxygens (including phenoxy) is 1. The zero-order valence-electron chi connectivity index (χ0n) is 11.1. The van der Waals surface area contributed by atoms with Crippen LogP contribution in [-0.4, -0.2) is 24.2 Å². The van der Waals surface area contributed by atoms with E-state index in [1.165, 1.54) is 16.9 Å². The van der Waals surface area contributed by atoms with Crippen LogP contribution in [0.4, 0.5) is 5.13 Å². The van der Waals surface area contributed by atoms with Gasteiger partial charge in [-0.05, 0) is 24.8 Å². The van der Waals surface area contributed by atoms with E-state index in [1.54, 1.807) is 18.4 Å². The monoisotopic (exact) mass is 274 g/mol. The summed E-state index contributed by atoms with van der Waals surface area (Å²) in [4.78, 5) is 5.64. The van der Waals surface area contributed by atoms with Gasteiger partial charge in [0.05, 0.1) is 10.5 Å². The quantitative estimate of drug-likeness (QED) is 0.900. The predicted octanol–water partition coefficient (Wildman–Crippen LogP) is 3.79. The first-order chi connectivity index (χ1) is 9.31. The lowest BCUT2D eigenvalue weighted by Gasteiger charge is -2.40. The second-order valence-electron chi connectivity index (χ2n) is 4.99. The Hall–Kier alpha value is -1.39. The van der Waals surface area contributed by atoms with Crippen LogP contribution < -0.4 is 5.32 Å². The van der Waals surface area contributed by atoms with E-state index >= 15 is 0 Å². The molecular formula is C15H18N2OS. The summed E-state index contributed by atoms with van der Waals surface area (Å²) >= 11 is 1.69. The van der Waals surface area contributed by atoms with Gasteiger partial charge in [0.15, 0.2) is 5.13 Å². The molecule has 3 rings (SSSR count). The molecule has 0 saturated heterocycles. The molecule has 0 radical (unpaired) electrons. The molecule has 19 heavy (non-hydrogen) atoms. The summed E-state index contributed by atoms with van der Waals surface area (Å²) in [5, 5.41) is 4.39. The van der Waals surface area contributed by atoms with Gasteiger partial charge in [0.25, 0.3) is 0 Å². The molecule has 1 aromatic carbocycles. The summed E-state index contributed by atoms with van der Waals surface area (Å²) in [7, 11) is 1.80. The molecule has 1 saturated carbocycles. The van der Waals surface area contributed by atoms with Crippen molar-refractivity contribution < 1.29 is 4.74 Å². The minimum atomic E-state index is 0.0403. The number of rotatable bonds is 5. The second-order valence-corrected chi connectivity index (χ2v) is 6.02. The molecule has 0 atom stereocenters. The number of nitrogens with zero attached hydrogens (tertiary/aromatic N) is 1. The van der Waals surface area contributed by atoms with Gasteiger partial charge in [-0.3, -0.25) is 0 Å². The lowest BCUT2D eigenvalue weighted by atomic mass is 9.80. The number of methoxy groups -OCH3 is 1. The highest BCUT2D eigenvalue weighted by atomic mass is 32.1. The molecule has 0 amide bonds. The number of thiazole rings is 1. The lowest BCUT2D eigenvalue weighted by Crippen LogP contribution is -2.45. The molecule has 1 fully saturated rings. The van der Waals surface area contributed by atoms with Gasteiger partial charge in [-0.15, -0.1) is 0 Å². The number of hydrogen-bond acceptors (Lipinski definition) is 4. The summed E-state index contributed by atoms with van der Waals surface area (Å²) in [5.41, 5.74) is 1.26. The maximum absolute atomic E-state index is 5.60. The largest absolute Gasteiger partial charge is 0.376 e. The molecule has 2 aromatic rings. The Labute approximate surface area is 117 Å². The average Bonchev–Trinajstić information content (AvgIpc) is 2.88. The minimum Gasteiger partial charge on any atom is -0.376 e. The molecule has 0 aliphatic heterocycles. The van der Waals surface area contributed by atoms with Gasteiger partial charge >= 0.3 is 0 Å². The van der Waals surface area contributed by atoms with Crippen molar-refractivity contribution in [2.24, 2.45) is 0 Å². The van der Waals surface area contributed by atoms with Gasteiger partial charge in [0.1, 0.15) is 0 Å². The normalized spacial score (nSPS) is 16.9. The molecule has 1 N–H and O–H groups in total. The molecule has 100 valence electrons. The minimum absolute atomic E-state index is 0.0403. The fraction of sp³-hybridized carbons (Fsp3) is 0.400. The number of hydrogen-bond donors (Lipinski definition) is 1. The first kappa shape index (κ1) is 12.6. The summed E-state index contributed by atoms with van der Waals surface area (Å²) in [5.74, 6) is 0. The number of benzene rings is 1. The SMILES string of the molecule is COC1(CNc2ncc(-c3ccccc3)s2)CCC1. The molecule has 1 aliphatic rings. The van der Waals surface area contributed by atoms with Crippen molar-refractivity contribution in [1.29, 1.82) is 0 Å². The van der Waals surface area contributed by atoms with Crippen LogP contribution in [-0.2, 0) is 4.74 Å². The molecule has 4 heteroatoms. The van der Waals surface area contributed by atoms with Gasteiger partial charge in [-0.2, -0.15) is 0 Å². The van der Waals surface area contributed by atoms with Crippen molar-refractivity contribution in [2.75, 3.05) is 19.0 Å². The Morgan fingerprint density at radius 2 is 2.11 bits per heavy atom. The summed E-state index contributed by atoms with van der Waals surface area (Å²) < 4.78 is 5.60. The highest BCUT2D eigenvalue weighted by molar-refractivity contribution is 7.18. The predicted molar refractivity (Wildman–Crippen MR) is 79.6 cm³/mol. The van der Waals surface area contributed by atoms with Crippen LogP contribution >= 0.6 is 11.3 Å². The topological polar surface area (TPSA) is 34.1 Å². The van der Waals surface area contributed by atoms with Crippen LogP contribution in [0.5, 0.6) is 0 Å². The zero-order chi connectivity index (χ0) is 13.1. The van der Waals surface area contributed by atoms with Gasteiger partial charge in [-0.1, -0.05) is 41.7 Å². The highest BCUT2D eigenvalue weighted by Gasteiger charge is 2.36. The Morgan fingerprint density at radius 3 is 2.74 bits per heavy atom. The Morgan fingerprint density at radius 1 is 1.32 bits per heavy atom. The third-order valence-corrected chi connectivity index (χ3v) is 4.83. The average molecular weight is 274 g/mol. The van der Waals surface area contributed by atoms with Crippen LogP contribution in [0.15, 0.2) is 36.5 Å². The smallest absolute Gasteiger partial charge is 0.183 e. The molecule has 3 nitrogen and oxygen atoms in total. The lowest BCUT2D eigenvalue weighted by molar-refractivity contribution is -0.0601. The van der Waals surface area contributed by atoms with Gasteiger partial charge in [-0.25, -0.2) is 4.98 Å². The van der Waals surface area contributed by atoms with E-state index < -0.39 is 0 Å². The van der Waals surface area contributed by atoms with Crippen molar-refractivity contribution >= 4 is 16.5 Å². The van der Waals surface area contributed by atoms with E-state index in [9.17, 15) is 0 Å². The summed E-state index contributed by atoms with van der Waals surface area (Å²) in [6.45, 7) is 0.852. The van der Waals surface area contributed by atoms with Crippen LogP contribution in [0.2, 0.25) is 0 Å². The van der Waals surface area contributed by atoms with Crippen molar-refractivity contribution in [3.8, 4) is 10.4 Å². The molecule has 1 aliphatic carbocycles. The van der Waals surface area contributed by atoms with Gasteiger partial charge < -0.3 is 10.1 Å². The molecule has 0 bridgehead atoms. The number of anilines is 1. The summed E-state index contributed by atoms with van der Waals surface area (Å²) in [6, 6.07) is 10.4. The maximum atomic E-state index is 5.60. The standard InChI is InChI=1S/C15H18N2OS/c1-18-15(8-5-9-15)11-17-14-16-10-13(19-14)12-6-3-2-4-7-12/h2-4,6-7,10H,5,8-9,11H2,1H3,(H,16,17). The fourth-order valence-corrected chi connectivity index (χ4v) is 3.17. The van der Waals surface area contributed by atoms with Crippen molar-refractivity contribution in [2.45, 2.75) is 24.9 Å². The first-order valence-electron chi connectivity index (χ1n) is 6.62. The van der Waals surface area contributed by atoms with E-state index in [0.717, 1.165) is 24.5 Å². The van der Waals surface area contributed by atoms with Crippen LogP contribution in [0.3, 0.4) is 0 Å². The molecule has 1 aromatic heterocycles. The van der Waals surface area contributed by atoms with Gasteiger partial charge in [0.2, 0.25) is 0 Å². The summed E-state index contributed by atoms with van der Waals surface area (Å²) in [6.07, 6.45) is 5.49. The zero-order valence-corrected chi connectivity index (χ0v) is 11.9. The van der Waals surface area contributed by atoms with Crippen LogP contribution in [0, 0.1) is 0 Å². The van der Waals surface area contributed by atoms with Crippen LogP contribution in [0.1, 0.15) is 19.3 Å². The number of aromatic nitrogens is 1. The van der Waals surface area contributed by atoms with Crippen molar-refractivity contribution in [3.63, 3.8) is 0 Å². The van der Waals surface area contributed by atoms with E-state index in [1.807, 2.05) is 12.3 Å². The van der Waals surface area contributed by atoms with E-state index in [0.29, 0.717) is 0 Å². The molecule has 0 unspecified atom stereocenters. The van der Waals surface area contributed by atoms with E-state index in [2.05, 4.69) is 34.6 Å². The van der Waals surface area contributed by atoms with Crippen molar-refractivity contribution in [3.05, 3.63) is 36.5 Å². The number of nitrogens with one attached hydrogen (secondary N) is 1. The third kappa shape index (κ3) is 2.65. The molecular weight excluding hydrogens is 256 g/mol. The van der Waals surface area contributed by atoms with Crippen molar-refractivity contribution in [1.82, 2.24) is 4.98 Å². The Bertz CT molecular complexity index is 529. The Kier molecular flexibility index (Phi) is 3.53. The maximum Gasteiger partial charge on any atom is 0.183 e. The van der Waals surface area contributed by atoms with Gasteiger partial charge in [0, 0.05) is 19.9 Å². The van der Waals surface area contributed by atoms with E-state index in [4.69, 9.17) is 4.74 Å². The highest BCUT2D eigenvalue weighted by Crippen LogP contribution is 2.36. The first-order valence-corrected chi connectivity index (χ1v) is 7.43. The Balaban J connectivity index is 1.65. The van der Waals surface area contributed by atoms with E-state index in [-0.39, 0.29) is 5.60 Å². The second kappa shape index (κ2) is 5.31. The third-order valence-electron chi connectivity index (χ3n) is 3.82. The molecule has 0 spiro atoms.